The molecule has 148 valence electrons. The summed E-state index contributed by atoms with van der Waals surface area (Å²) in [7, 11) is 1.38. The number of methoxy groups -OCH3 is 1. The second kappa shape index (κ2) is 9.67. The minimum Gasteiger partial charge on any atom is -0.466 e. The molecule has 28 heavy (non-hydrogen) atoms. The Bertz CT molecular complexity index is 843. The summed E-state index contributed by atoms with van der Waals surface area (Å²) in [6, 6.07) is 15.2. The molecule has 4 heteroatoms. The third-order valence-electron chi connectivity index (χ3n) is 5.58. The number of esters is 1. The summed E-state index contributed by atoms with van der Waals surface area (Å²) in [4.78, 5) is 13.7. The molecular formula is C24H29NO3. The predicted molar refractivity (Wildman–Crippen MR) is 112 cm³/mol. The Balaban J connectivity index is 1.73. The molecular weight excluding hydrogens is 350 g/mol. The lowest BCUT2D eigenvalue weighted by atomic mass is 10.0. The molecule has 0 bridgehead atoms. The molecule has 0 radical (unpaired) electrons. The maximum atomic E-state index is 11.3. The van der Waals surface area contributed by atoms with E-state index in [0.29, 0.717) is 12.6 Å². The van der Waals surface area contributed by atoms with Gasteiger partial charge in [-0.1, -0.05) is 42.5 Å². The van der Waals surface area contributed by atoms with Gasteiger partial charge in [0, 0.05) is 25.2 Å². The molecule has 0 saturated heterocycles. The Morgan fingerprint density at radius 2 is 2.07 bits per heavy atom. The molecule has 0 amide bonds. The monoisotopic (exact) mass is 379 g/mol. The fourth-order valence-corrected chi connectivity index (χ4v) is 4.04. The third-order valence-corrected chi connectivity index (χ3v) is 5.58. The number of aliphatic hydroxyl groups excluding tert-OH is 1. The van der Waals surface area contributed by atoms with E-state index in [0.717, 1.165) is 31.4 Å². The Morgan fingerprint density at radius 3 is 2.82 bits per heavy atom. The van der Waals surface area contributed by atoms with Gasteiger partial charge in [-0.25, -0.2) is 4.79 Å². The number of ether oxygens (including phenoxy) is 1. The van der Waals surface area contributed by atoms with Gasteiger partial charge in [-0.15, -0.1) is 0 Å². The van der Waals surface area contributed by atoms with E-state index in [1.807, 2.05) is 0 Å². The zero-order chi connectivity index (χ0) is 19.9. The van der Waals surface area contributed by atoms with Gasteiger partial charge < -0.3 is 9.84 Å². The number of hydrogen-bond donors (Lipinski definition) is 1. The SMILES string of the molecule is COC(=O)C=Cc1ccc2c(c1)CCC2N(CCO)CCc1ccccc1C. The summed E-state index contributed by atoms with van der Waals surface area (Å²) in [6.07, 6.45) is 6.31. The molecule has 1 unspecified atom stereocenters. The minimum absolute atomic E-state index is 0.166. The van der Waals surface area contributed by atoms with Crippen LogP contribution in [0.2, 0.25) is 0 Å². The fourth-order valence-electron chi connectivity index (χ4n) is 4.04. The maximum absolute atomic E-state index is 11.3. The molecule has 0 spiro atoms. The van der Waals surface area contributed by atoms with Gasteiger partial charge in [0.15, 0.2) is 0 Å². The average Bonchev–Trinajstić information content (AvgIpc) is 3.13. The second-order valence-electron chi connectivity index (χ2n) is 7.31. The maximum Gasteiger partial charge on any atom is 0.330 e. The van der Waals surface area contributed by atoms with Crippen molar-refractivity contribution < 1.29 is 14.6 Å². The van der Waals surface area contributed by atoms with E-state index in [1.165, 1.54) is 35.4 Å². The van der Waals surface area contributed by atoms with Crippen LogP contribution in [-0.4, -0.2) is 42.8 Å². The fraction of sp³-hybridized carbons (Fsp3) is 0.375. The van der Waals surface area contributed by atoms with Crippen molar-refractivity contribution in [1.82, 2.24) is 4.90 Å². The molecule has 4 nitrogen and oxygen atoms in total. The van der Waals surface area contributed by atoms with Gasteiger partial charge in [0.2, 0.25) is 0 Å². The standard InChI is InChI=1S/C24H29NO3/c1-18-5-3-4-6-20(18)13-14-25(15-16-26)23-11-9-21-17-19(7-10-22(21)23)8-12-24(27)28-2/h3-8,10,12,17,23,26H,9,11,13-16H2,1-2H3. The lowest BCUT2D eigenvalue weighted by Crippen LogP contribution is -2.32. The molecule has 0 heterocycles. The van der Waals surface area contributed by atoms with Crippen molar-refractivity contribution >= 4 is 12.0 Å². The van der Waals surface area contributed by atoms with Gasteiger partial charge in [-0.05, 0) is 60.1 Å². The van der Waals surface area contributed by atoms with Crippen LogP contribution in [0.5, 0.6) is 0 Å². The quantitative estimate of drug-likeness (QED) is 0.561. The zero-order valence-electron chi connectivity index (χ0n) is 16.7. The normalized spacial score (nSPS) is 15.9. The number of benzene rings is 2. The van der Waals surface area contributed by atoms with Gasteiger partial charge >= 0.3 is 5.97 Å². The number of carbonyl (C=O) groups excluding carboxylic acids is 1. The van der Waals surface area contributed by atoms with Crippen molar-refractivity contribution in [1.29, 1.82) is 0 Å². The van der Waals surface area contributed by atoms with Crippen molar-refractivity contribution in [2.24, 2.45) is 0 Å². The highest BCUT2D eigenvalue weighted by Crippen LogP contribution is 2.36. The molecule has 1 aliphatic carbocycles. The summed E-state index contributed by atoms with van der Waals surface area (Å²) >= 11 is 0. The molecule has 2 aromatic rings. The van der Waals surface area contributed by atoms with Crippen LogP contribution in [0.25, 0.3) is 6.08 Å². The largest absolute Gasteiger partial charge is 0.466 e. The van der Waals surface area contributed by atoms with Crippen LogP contribution in [-0.2, 0) is 22.4 Å². The summed E-state index contributed by atoms with van der Waals surface area (Å²) < 4.78 is 4.66. The zero-order valence-corrected chi connectivity index (χ0v) is 16.7. The molecule has 3 rings (SSSR count). The van der Waals surface area contributed by atoms with Gasteiger partial charge in [0.1, 0.15) is 0 Å². The summed E-state index contributed by atoms with van der Waals surface area (Å²) in [5, 5.41) is 9.59. The van der Waals surface area contributed by atoms with Crippen molar-refractivity contribution in [2.75, 3.05) is 26.8 Å². The first-order valence-electron chi connectivity index (χ1n) is 9.90. The molecule has 1 atom stereocenters. The van der Waals surface area contributed by atoms with E-state index in [4.69, 9.17) is 0 Å². The van der Waals surface area contributed by atoms with Gasteiger partial charge in [-0.2, -0.15) is 0 Å². The van der Waals surface area contributed by atoms with E-state index in [1.54, 1.807) is 6.08 Å². The lowest BCUT2D eigenvalue weighted by molar-refractivity contribution is -0.134. The number of fused-ring (bicyclic) bond motifs is 1. The Kier molecular flexibility index (Phi) is 7.01. The van der Waals surface area contributed by atoms with Crippen LogP contribution < -0.4 is 0 Å². The Labute approximate surface area is 167 Å². The molecule has 0 fully saturated rings. The summed E-state index contributed by atoms with van der Waals surface area (Å²) in [5.74, 6) is -0.344. The van der Waals surface area contributed by atoms with Crippen molar-refractivity contribution in [3.63, 3.8) is 0 Å². The van der Waals surface area contributed by atoms with Crippen LogP contribution in [0.3, 0.4) is 0 Å². The van der Waals surface area contributed by atoms with Crippen LogP contribution in [0.4, 0.5) is 0 Å². The first-order chi connectivity index (χ1) is 13.6. The minimum atomic E-state index is -0.344. The Morgan fingerprint density at radius 1 is 1.25 bits per heavy atom. The van der Waals surface area contributed by atoms with E-state index in [9.17, 15) is 9.90 Å². The first-order valence-corrected chi connectivity index (χ1v) is 9.90. The smallest absolute Gasteiger partial charge is 0.330 e. The highest BCUT2D eigenvalue weighted by molar-refractivity contribution is 5.86. The van der Waals surface area contributed by atoms with E-state index >= 15 is 0 Å². The highest BCUT2D eigenvalue weighted by atomic mass is 16.5. The predicted octanol–water partition coefficient (Wildman–Crippen LogP) is 3.71. The lowest BCUT2D eigenvalue weighted by Gasteiger charge is -2.29. The second-order valence-corrected chi connectivity index (χ2v) is 7.31. The number of rotatable bonds is 8. The van der Waals surface area contributed by atoms with Crippen LogP contribution in [0.1, 0.15) is 40.3 Å². The Hall–Kier alpha value is -2.43. The van der Waals surface area contributed by atoms with Gasteiger partial charge in [0.25, 0.3) is 0 Å². The van der Waals surface area contributed by atoms with Crippen LogP contribution in [0.15, 0.2) is 48.5 Å². The molecule has 1 N–H and O–H groups in total. The first kappa shape index (κ1) is 20.3. The number of hydrogen-bond acceptors (Lipinski definition) is 4. The van der Waals surface area contributed by atoms with Crippen LogP contribution >= 0.6 is 0 Å². The summed E-state index contributed by atoms with van der Waals surface area (Å²) in [6.45, 7) is 3.93. The summed E-state index contributed by atoms with van der Waals surface area (Å²) in [5.41, 5.74) is 6.37. The van der Waals surface area contributed by atoms with Gasteiger partial charge in [-0.3, -0.25) is 4.90 Å². The molecule has 0 aliphatic heterocycles. The van der Waals surface area contributed by atoms with E-state index in [-0.39, 0.29) is 12.6 Å². The van der Waals surface area contributed by atoms with E-state index in [2.05, 4.69) is 59.0 Å². The molecule has 0 aromatic heterocycles. The van der Waals surface area contributed by atoms with E-state index < -0.39 is 0 Å². The van der Waals surface area contributed by atoms with Crippen molar-refractivity contribution in [2.45, 2.75) is 32.2 Å². The molecule has 0 saturated carbocycles. The van der Waals surface area contributed by atoms with Crippen LogP contribution in [0, 0.1) is 6.92 Å². The third kappa shape index (κ3) is 4.89. The van der Waals surface area contributed by atoms with Gasteiger partial charge in [0.05, 0.1) is 13.7 Å². The van der Waals surface area contributed by atoms with Crippen molar-refractivity contribution in [3.05, 3.63) is 76.4 Å². The molecule has 1 aliphatic rings. The number of aliphatic hydroxyl groups is 1. The number of aryl methyl sites for hydroxylation is 2. The highest BCUT2D eigenvalue weighted by Gasteiger charge is 2.27. The number of carbonyl (C=O) groups is 1. The topological polar surface area (TPSA) is 49.8 Å². The molecule has 2 aromatic carbocycles. The van der Waals surface area contributed by atoms with Crippen molar-refractivity contribution in [3.8, 4) is 0 Å². The average molecular weight is 380 g/mol. The number of nitrogens with zero attached hydrogens (tertiary/aromatic N) is 1.